The number of hydrogen-bond donors (Lipinski definition) is 2. The highest BCUT2D eigenvalue weighted by Gasteiger charge is 2.27. The number of likely N-dealkylation sites (tertiary alicyclic amines) is 1. The molecule has 0 aromatic carbocycles. The quantitative estimate of drug-likeness (QED) is 0.380. The van der Waals surface area contributed by atoms with Crippen LogP contribution >= 0.6 is 0 Å². The van der Waals surface area contributed by atoms with Gasteiger partial charge in [0, 0.05) is 61.3 Å². The number of nitrogens with zero attached hydrogens (tertiary/aromatic N) is 6. The molecule has 2 N–H and O–H groups in total. The Hall–Kier alpha value is -3.52. The van der Waals surface area contributed by atoms with Crippen molar-refractivity contribution in [3.05, 3.63) is 59.8 Å². The summed E-state index contributed by atoms with van der Waals surface area (Å²) in [4.78, 5) is 15.8. The molecule has 6 heterocycles. The number of aryl methyl sites for hydroxylation is 2. The Bertz CT molecular complexity index is 1440. The Balaban J connectivity index is 1.23. The molecule has 0 radical (unpaired) electrons. The van der Waals surface area contributed by atoms with Crippen LogP contribution in [0.2, 0.25) is 0 Å². The summed E-state index contributed by atoms with van der Waals surface area (Å²) in [5, 5.41) is 11.9. The first-order chi connectivity index (χ1) is 16.6. The Kier molecular flexibility index (Phi) is 5.17. The van der Waals surface area contributed by atoms with E-state index in [0.717, 1.165) is 66.5 Å². The monoisotopic (exact) mass is 454 g/mol. The Morgan fingerprint density at radius 2 is 2.03 bits per heavy atom. The average molecular weight is 455 g/mol. The molecule has 1 aliphatic heterocycles. The summed E-state index contributed by atoms with van der Waals surface area (Å²) in [5.41, 5.74) is 9.03. The van der Waals surface area contributed by atoms with E-state index in [2.05, 4.69) is 80.1 Å². The van der Waals surface area contributed by atoms with Gasteiger partial charge in [-0.25, -0.2) is 4.98 Å². The Labute approximate surface area is 198 Å². The molecule has 174 valence electrons. The second-order valence-electron chi connectivity index (χ2n) is 9.86. The van der Waals surface area contributed by atoms with Crippen LogP contribution in [0.3, 0.4) is 0 Å². The normalized spacial score (nSPS) is 15.1. The van der Waals surface area contributed by atoms with Crippen molar-refractivity contribution in [2.24, 2.45) is 13.0 Å². The summed E-state index contributed by atoms with van der Waals surface area (Å²) < 4.78 is 2.10. The van der Waals surface area contributed by atoms with Crippen LogP contribution < -0.4 is 0 Å². The first kappa shape index (κ1) is 21.0. The third kappa shape index (κ3) is 3.68. The van der Waals surface area contributed by atoms with Crippen molar-refractivity contribution in [2.75, 3.05) is 13.1 Å². The molecule has 5 aromatic heterocycles. The van der Waals surface area contributed by atoms with Gasteiger partial charge in [0.2, 0.25) is 0 Å². The van der Waals surface area contributed by atoms with Gasteiger partial charge in [0.1, 0.15) is 5.65 Å². The van der Waals surface area contributed by atoms with Gasteiger partial charge in [-0.1, -0.05) is 13.8 Å². The Morgan fingerprint density at radius 3 is 2.82 bits per heavy atom. The summed E-state index contributed by atoms with van der Waals surface area (Å²) >= 11 is 0. The molecule has 8 heteroatoms. The lowest BCUT2D eigenvalue weighted by Crippen LogP contribution is -2.46. The molecule has 8 nitrogen and oxygen atoms in total. The fourth-order valence-corrected chi connectivity index (χ4v) is 5.32. The minimum Gasteiger partial charge on any atom is -0.353 e. The highest BCUT2D eigenvalue weighted by atomic mass is 15.3. The maximum atomic E-state index is 5.15. The third-order valence-corrected chi connectivity index (χ3v) is 7.01. The van der Waals surface area contributed by atoms with E-state index in [1.54, 1.807) is 6.20 Å². The minimum atomic E-state index is 0.357. The standard InChI is InChI=1S/C26H30N8/c1-16(2)23-24(21-15-33(3)26-20(21)5-4-10-27-26)30-22-9-8-18(29-25(22)23)7-6-17-12-34(13-17)14-19-11-28-32-31-19/h4-5,8-11,15-17,30H,6-7,12-14H2,1-3H3,(H,28,31,32). The van der Waals surface area contributed by atoms with Gasteiger partial charge in [-0.3, -0.25) is 9.88 Å². The zero-order valence-corrected chi connectivity index (χ0v) is 19.9. The lowest BCUT2D eigenvalue weighted by molar-refractivity contribution is 0.0851. The predicted octanol–water partition coefficient (Wildman–Crippen LogP) is 4.42. The van der Waals surface area contributed by atoms with Crippen LogP contribution in [0.4, 0.5) is 0 Å². The van der Waals surface area contributed by atoms with Gasteiger partial charge in [-0.2, -0.15) is 15.4 Å². The molecule has 0 spiro atoms. The lowest BCUT2D eigenvalue weighted by atomic mass is 9.93. The van der Waals surface area contributed by atoms with Crippen molar-refractivity contribution < 1.29 is 0 Å². The second-order valence-corrected chi connectivity index (χ2v) is 9.86. The molecule has 6 rings (SSSR count). The van der Waals surface area contributed by atoms with Crippen molar-refractivity contribution in [3.63, 3.8) is 0 Å². The number of aromatic nitrogens is 7. The molecule has 0 saturated carbocycles. The summed E-state index contributed by atoms with van der Waals surface area (Å²) in [5.74, 6) is 1.08. The zero-order chi connectivity index (χ0) is 23.2. The van der Waals surface area contributed by atoms with Gasteiger partial charge >= 0.3 is 0 Å². The molecule has 0 amide bonds. The number of H-pyrrole nitrogens is 2. The van der Waals surface area contributed by atoms with Gasteiger partial charge in [0.05, 0.1) is 28.6 Å². The van der Waals surface area contributed by atoms with Crippen LogP contribution in [-0.2, 0) is 20.0 Å². The zero-order valence-electron chi connectivity index (χ0n) is 19.9. The number of rotatable bonds is 7. The predicted molar refractivity (Wildman–Crippen MR) is 133 cm³/mol. The first-order valence-electron chi connectivity index (χ1n) is 12.1. The van der Waals surface area contributed by atoms with E-state index < -0.39 is 0 Å². The molecule has 1 aliphatic rings. The van der Waals surface area contributed by atoms with Crippen LogP contribution in [0.5, 0.6) is 0 Å². The maximum Gasteiger partial charge on any atom is 0.140 e. The molecule has 1 saturated heterocycles. The summed E-state index contributed by atoms with van der Waals surface area (Å²) in [6.45, 7) is 7.62. The highest BCUT2D eigenvalue weighted by Crippen LogP contribution is 2.38. The first-order valence-corrected chi connectivity index (χ1v) is 12.1. The molecule has 0 bridgehead atoms. The van der Waals surface area contributed by atoms with Crippen LogP contribution in [-0.4, -0.2) is 52.9 Å². The molecule has 34 heavy (non-hydrogen) atoms. The molecule has 0 aliphatic carbocycles. The largest absolute Gasteiger partial charge is 0.353 e. The fourth-order valence-electron chi connectivity index (χ4n) is 5.32. The molecular weight excluding hydrogens is 424 g/mol. The van der Waals surface area contributed by atoms with Crippen molar-refractivity contribution in [2.45, 2.75) is 39.2 Å². The van der Waals surface area contributed by atoms with Crippen molar-refractivity contribution in [1.29, 1.82) is 0 Å². The molecular formula is C26H30N8. The number of fused-ring (bicyclic) bond motifs is 2. The lowest BCUT2D eigenvalue weighted by Gasteiger charge is -2.38. The SMILES string of the molecule is CC(C)c1c(-c2cn(C)c3ncccc23)[nH]c2ccc(CCC3CN(Cc4cn[nH]n4)C3)nc12. The van der Waals surface area contributed by atoms with Crippen LogP contribution in [0, 0.1) is 5.92 Å². The highest BCUT2D eigenvalue weighted by molar-refractivity contribution is 5.98. The van der Waals surface area contributed by atoms with Crippen molar-refractivity contribution in [3.8, 4) is 11.3 Å². The topological polar surface area (TPSA) is 91.3 Å². The summed E-state index contributed by atoms with van der Waals surface area (Å²) in [6.07, 6.45) is 8.01. The van der Waals surface area contributed by atoms with Gasteiger partial charge < -0.3 is 9.55 Å². The smallest absolute Gasteiger partial charge is 0.140 e. The fraction of sp³-hybridized carbons (Fsp3) is 0.385. The molecule has 0 atom stereocenters. The molecule has 0 unspecified atom stereocenters. The van der Waals surface area contributed by atoms with E-state index >= 15 is 0 Å². The summed E-state index contributed by atoms with van der Waals surface area (Å²) in [6, 6.07) is 8.54. The molecule has 1 fully saturated rings. The van der Waals surface area contributed by atoms with Crippen molar-refractivity contribution >= 4 is 22.1 Å². The van der Waals surface area contributed by atoms with Crippen LogP contribution in [0.25, 0.3) is 33.3 Å². The third-order valence-electron chi connectivity index (χ3n) is 7.01. The van der Waals surface area contributed by atoms with Gasteiger partial charge in [0.25, 0.3) is 0 Å². The van der Waals surface area contributed by atoms with E-state index in [4.69, 9.17) is 4.98 Å². The number of nitrogens with one attached hydrogen (secondary N) is 2. The van der Waals surface area contributed by atoms with E-state index in [-0.39, 0.29) is 0 Å². The second kappa shape index (κ2) is 8.36. The van der Waals surface area contributed by atoms with Gasteiger partial charge in [0.15, 0.2) is 0 Å². The Morgan fingerprint density at radius 1 is 1.15 bits per heavy atom. The van der Waals surface area contributed by atoms with Gasteiger partial charge in [-0.05, 0) is 48.9 Å². The van der Waals surface area contributed by atoms with Crippen LogP contribution in [0.15, 0.2) is 42.9 Å². The number of hydrogen-bond acceptors (Lipinski definition) is 5. The maximum absolute atomic E-state index is 5.15. The van der Waals surface area contributed by atoms with E-state index in [1.165, 1.54) is 22.2 Å². The number of aromatic amines is 2. The molecule has 5 aromatic rings. The van der Waals surface area contributed by atoms with E-state index in [1.807, 2.05) is 12.3 Å². The van der Waals surface area contributed by atoms with Gasteiger partial charge in [-0.15, -0.1) is 0 Å². The summed E-state index contributed by atoms with van der Waals surface area (Å²) in [7, 11) is 2.06. The van der Waals surface area contributed by atoms with E-state index in [0.29, 0.717) is 5.92 Å². The number of pyridine rings is 2. The minimum absolute atomic E-state index is 0.357. The van der Waals surface area contributed by atoms with Crippen LogP contribution in [0.1, 0.15) is 43.1 Å². The van der Waals surface area contributed by atoms with Crippen molar-refractivity contribution in [1.82, 2.24) is 39.8 Å². The van der Waals surface area contributed by atoms with E-state index in [9.17, 15) is 0 Å². The average Bonchev–Trinajstić information content (AvgIpc) is 3.52.